The number of rotatable bonds is 7. The molecule has 0 fully saturated rings. The summed E-state index contributed by atoms with van der Waals surface area (Å²) in [5.74, 6) is 0.785. The third kappa shape index (κ3) is 5.29. The fourth-order valence-electron chi connectivity index (χ4n) is 2.40. The van der Waals surface area contributed by atoms with E-state index in [4.69, 9.17) is 39.5 Å². The van der Waals surface area contributed by atoms with Crippen molar-refractivity contribution in [3.8, 4) is 5.75 Å². The number of aryl methyl sites for hydroxylation is 1. The van der Waals surface area contributed by atoms with Gasteiger partial charge in [0.05, 0.1) is 6.61 Å². The second-order valence-corrected chi connectivity index (χ2v) is 6.70. The van der Waals surface area contributed by atoms with Crippen LogP contribution in [0.15, 0.2) is 36.4 Å². The quantitative estimate of drug-likeness (QED) is 0.613. The predicted octanol–water partition coefficient (Wildman–Crippen LogP) is 5.89. The van der Waals surface area contributed by atoms with Crippen molar-refractivity contribution >= 4 is 34.8 Å². The van der Waals surface area contributed by atoms with Crippen molar-refractivity contribution in [3.63, 3.8) is 0 Å². The Kier molecular flexibility index (Phi) is 7.04. The van der Waals surface area contributed by atoms with Crippen molar-refractivity contribution in [1.82, 2.24) is 0 Å². The van der Waals surface area contributed by atoms with Gasteiger partial charge in [0.25, 0.3) is 0 Å². The molecule has 0 bridgehead atoms. The zero-order chi connectivity index (χ0) is 16.8. The first-order chi connectivity index (χ1) is 11.0. The Labute approximate surface area is 151 Å². The summed E-state index contributed by atoms with van der Waals surface area (Å²) >= 11 is 18.1. The van der Waals surface area contributed by atoms with Gasteiger partial charge in [0.2, 0.25) is 0 Å². The van der Waals surface area contributed by atoms with Crippen molar-refractivity contribution in [2.45, 2.75) is 25.7 Å². The number of halogens is 3. The zero-order valence-electron chi connectivity index (χ0n) is 12.9. The molecule has 0 aliphatic heterocycles. The molecule has 2 nitrogen and oxygen atoms in total. The molecule has 0 aliphatic rings. The number of benzene rings is 2. The lowest BCUT2D eigenvalue weighted by Crippen LogP contribution is -2.07. The maximum absolute atomic E-state index is 9.61. The van der Waals surface area contributed by atoms with E-state index >= 15 is 0 Å². The van der Waals surface area contributed by atoms with Gasteiger partial charge in [-0.1, -0.05) is 40.9 Å². The molecule has 1 N–H and O–H groups in total. The topological polar surface area (TPSA) is 29.5 Å². The molecule has 23 heavy (non-hydrogen) atoms. The molecule has 0 aromatic heterocycles. The van der Waals surface area contributed by atoms with Gasteiger partial charge in [-0.3, -0.25) is 0 Å². The normalized spacial score (nSPS) is 12.2. The third-order valence-corrected chi connectivity index (χ3v) is 4.70. The molecule has 0 spiro atoms. The molecule has 124 valence electrons. The smallest absolute Gasteiger partial charge is 0.119 e. The minimum atomic E-state index is -0.0182. The van der Waals surface area contributed by atoms with E-state index in [9.17, 15) is 5.11 Å². The van der Waals surface area contributed by atoms with Gasteiger partial charge in [0.15, 0.2) is 0 Å². The van der Waals surface area contributed by atoms with Gasteiger partial charge in [0, 0.05) is 27.6 Å². The van der Waals surface area contributed by atoms with E-state index in [1.165, 1.54) is 0 Å². The molecular weight excluding hydrogens is 355 g/mol. The third-order valence-electron chi connectivity index (χ3n) is 3.72. The van der Waals surface area contributed by atoms with E-state index in [1.807, 2.05) is 31.2 Å². The van der Waals surface area contributed by atoms with E-state index < -0.39 is 0 Å². The van der Waals surface area contributed by atoms with Crippen LogP contribution in [0.25, 0.3) is 0 Å². The molecule has 0 heterocycles. The molecule has 0 saturated carbocycles. The van der Waals surface area contributed by atoms with Crippen LogP contribution in [-0.4, -0.2) is 18.3 Å². The van der Waals surface area contributed by atoms with Crippen molar-refractivity contribution in [1.29, 1.82) is 0 Å². The minimum absolute atomic E-state index is 0.0182. The molecule has 2 aromatic carbocycles. The Balaban J connectivity index is 1.87. The Morgan fingerprint density at radius 1 is 1.04 bits per heavy atom. The number of hydrogen-bond acceptors (Lipinski definition) is 2. The monoisotopic (exact) mass is 372 g/mol. The van der Waals surface area contributed by atoms with Crippen LogP contribution in [0, 0.1) is 6.92 Å². The fraction of sp³-hybridized carbons (Fsp3) is 0.333. The molecule has 2 rings (SSSR count). The number of aliphatic hydroxyl groups excluding tert-OH is 1. The lowest BCUT2D eigenvalue weighted by Gasteiger charge is -2.16. The largest absolute Gasteiger partial charge is 0.494 e. The zero-order valence-corrected chi connectivity index (χ0v) is 15.1. The Bertz CT molecular complexity index is 659. The minimum Gasteiger partial charge on any atom is -0.494 e. The lowest BCUT2D eigenvalue weighted by molar-refractivity contribution is 0.243. The molecule has 0 saturated heterocycles. The van der Waals surface area contributed by atoms with E-state index in [0.29, 0.717) is 16.7 Å². The highest BCUT2D eigenvalue weighted by Gasteiger charge is 2.14. The number of aliphatic hydroxyl groups is 1. The van der Waals surface area contributed by atoms with E-state index in [1.54, 1.807) is 12.1 Å². The first kappa shape index (κ1) is 18.4. The molecule has 5 heteroatoms. The number of ether oxygens (including phenoxy) is 1. The van der Waals surface area contributed by atoms with E-state index in [-0.39, 0.29) is 12.5 Å². The molecule has 1 atom stereocenters. The lowest BCUT2D eigenvalue weighted by atomic mass is 9.95. The van der Waals surface area contributed by atoms with Crippen molar-refractivity contribution in [2.75, 3.05) is 13.2 Å². The molecule has 0 amide bonds. The summed E-state index contributed by atoms with van der Waals surface area (Å²) in [6, 6.07) is 11.0. The van der Waals surface area contributed by atoms with Gasteiger partial charge < -0.3 is 9.84 Å². The molecule has 2 aromatic rings. The second kappa shape index (κ2) is 8.79. The van der Waals surface area contributed by atoms with Crippen LogP contribution in [0.4, 0.5) is 0 Å². The van der Waals surface area contributed by atoms with Gasteiger partial charge in [0.1, 0.15) is 5.75 Å². The van der Waals surface area contributed by atoms with Gasteiger partial charge >= 0.3 is 0 Å². The van der Waals surface area contributed by atoms with Crippen LogP contribution in [0.1, 0.15) is 29.9 Å². The number of hydrogen-bond donors (Lipinski definition) is 1. The van der Waals surface area contributed by atoms with Crippen molar-refractivity contribution in [3.05, 3.63) is 62.6 Å². The molecule has 1 unspecified atom stereocenters. The Hall–Kier alpha value is -0.930. The predicted molar refractivity (Wildman–Crippen MR) is 97.2 cm³/mol. The van der Waals surface area contributed by atoms with Crippen LogP contribution in [0.3, 0.4) is 0 Å². The van der Waals surface area contributed by atoms with Crippen molar-refractivity contribution in [2.24, 2.45) is 0 Å². The van der Waals surface area contributed by atoms with Gasteiger partial charge in [-0.15, -0.1) is 0 Å². The maximum Gasteiger partial charge on any atom is 0.119 e. The molecular formula is C18H19Cl3O2. The summed E-state index contributed by atoms with van der Waals surface area (Å²) in [5, 5.41) is 11.5. The molecule has 0 aliphatic carbocycles. The van der Waals surface area contributed by atoms with Crippen LogP contribution < -0.4 is 4.74 Å². The Morgan fingerprint density at radius 3 is 2.48 bits per heavy atom. The van der Waals surface area contributed by atoms with Crippen LogP contribution in [-0.2, 0) is 0 Å². The second-order valence-electron chi connectivity index (χ2n) is 5.45. The highest BCUT2D eigenvalue weighted by molar-refractivity contribution is 6.35. The van der Waals surface area contributed by atoms with Crippen molar-refractivity contribution < 1.29 is 9.84 Å². The van der Waals surface area contributed by atoms with Crippen LogP contribution in [0.2, 0.25) is 15.1 Å². The summed E-state index contributed by atoms with van der Waals surface area (Å²) in [6.07, 6.45) is 1.59. The summed E-state index contributed by atoms with van der Waals surface area (Å²) in [7, 11) is 0. The Morgan fingerprint density at radius 2 is 1.83 bits per heavy atom. The summed E-state index contributed by atoms with van der Waals surface area (Å²) < 4.78 is 5.73. The highest BCUT2D eigenvalue weighted by Crippen LogP contribution is 2.30. The van der Waals surface area contributed by atoms with Crippen LogP contribution in [0.5, 0.6) is 5.75 Å². The van der Waals surface area contributed by atoms with Gasteiger partial charge in [-0.25, -0.2) is 0 Å². The summed E-state index contributed by atoms with van der Waals surface area (Å²) in [5.41, 5.74) is 1.91. The van der Waals surface area contributed by atoms with Gasteiger partial charge in [-0.05, 0) is 61.2 Å². The first-order valence-electron chi connectivity index (χ1n) is 7.46. The highest BCUT2D eigenvalue weighted by atomic mass is 35.5. The van der Waals surface area contributed by atoms with Crippen LogP contribution >= 0.6 is 34.8 Å². The summed E-state index contributed by atoms with van der Waals surface area (Å²) in [4.78, 5) is 0. The van der Waals surface area contributed by atoms with Gasteiger partial charge in [-0.2, -0.15) is 0 Å². The SMILES string of the molecule is Cc1cc(OCCCC(CO)c2ccc(Cl)cc2Cl)ccc1Cl. The fourth-order valence-corrected chi connectivity index (χ4v) is 3.08. The average molecular weight is 374 g/mol. The summed E-state index contributed by atoms with van der Waals surface area (Å²) in [6.45, 7) is 2.56. The maximum atomic E-state index is 9.61. The standard InChI is InChI=1S/C18H19Cl3O2/c1-12-9-15(5-7-17(12)20)23-8-2-3-13(11-22)16-6-4-14(19)10-18(16)21/h4-7,9-10,13,22H,2-3,8,11H2,1H3. The molecule has 0 radical (unpaired) electrons. The van der Waals surface area contributed by atoms with E-state index in [2.05, 4.69) is 0 Å². The average Bonchev–Trinajstić information content (AvgIpc) is 2.52. The van der Waals surface area contributed by atoms with E-state index in [0.717, 1.165) is 34.7 Å². The first-order valence-corrected chi connectivity index (χ1v) is 8.59.